The number of carbonyl (C=O) groups excluding carboxylic acids is 2. The normalized spacial score (nSPS) is 11.5. The molecule has 6 nitrogen and oxygen atoms in total. The van der Waals surface area contributed by atoms with Crippen LogP contribution in [0.1, 0.15) is 104 Å². The van der Waals surface area contributed by atoms with E-state index < -0.39 is 0 Å². The molecule has 202 valence electrons. The number of carbonyl (C=O) groups is 2. The van der Waals surface area contributed by atoms with Gasteiger partial charge in [-0.15, -0.1) is 23.5 Å². The zero-order valence-electron chi connectivity index (χ0n) is 22.0. The van der Waals surface area contributed by atoms with Gasteiger partial charge in [0.25, 0.3) is 0 Å². The van der Waals surface area contributed by atoms with Gasteiger partial charge in [0.05, 0.1) is 36.7 Å². The van der Waals surface area contributed by atoms with Gasteiger partial charge in [-0.3, -0.25) is 9.59 Å². The van der Waals surface area contributed by atoms with Gasteiger partial charge in [-0.2, -0.15) is 0 Å². The van der Waals surface area contributed by atoms with Crippen molar-refractivity contribution in [2.24, 2.45) is 0 Å². The molecule has 0 unspecified atom stereocenters. The molecule has 0 bridgehead atoms. The number of thioether (sulfide) groups is 2. The molecule has 0 saturated carbocycles. The molecule has 0 fully saturated rings. The summed E-state index contributed by atoms with van der Waals surface area (Å²) in [5, 5.41) is 11.8. The predicted molar refractivity (Wildman–Crippen MR) is 147 cm³/mol. The van der Waals surface area contributed by atoms with Crippen molar-refractivity contribution >= 4 is 35.5 Å². The Morgan fingerprint density at radius 1 is 0.735 bits per heavy atom. The molecule has 0 aliphatic rings. The SMILES string of the molecule is CCCCCCCCCCOC(=O)CCSC(C)(C)SCCC(=O)OCCCCCNCCO. The van der Waals surface area contributed by atoms with Crippen molar-refractivity contribution in [2.75, 3.05) is 44.4 Å². The van der Waals surface area contributed by atoms with Crippen molar-refractivity contribution in [2.45, 2.75) is 108 Å². The monoisotopic (exact) mass is 521 g/mol. The van der Waals surface area contributed by atoms with E-state index in [1.165, 1.54) is 38.5 Å². The van der Waals surface area contributed by atoms with Crippen LogP contribution in [-0.4, -0.2) is 65.5 Å². The Balaban J connectivity index is 3.58. The minimum absolute atomic E-state index is 0.0556. The molecule has 0 saturated heterocycles. The van der Waals surface area contributed by atoms with E-state index in [9.17, 15) is 9.59 Å². The van der Waals surface area contributed by atoms with Crippen LogP contribution in [0.3, 0.4) is 0 Å². The van der Waals surface area contributed by atoms with Gasteiger partial charge < -0.3 is 19.9 Å². The van der Waals surface area contributed by atoms with Crippen LogP contribution in [0.25, 0.3) is 0 Å². The first-order valence-corrected chi connectivity index (χ1v) is 15.3. The van der Waals surface area contributed by atoms with Crippen LogP contribution in [0.2, 0.25) is 0 Å². The highest BCUT2D eigenvalue weighted by molar-refractivity contribution is 8.18. The largest absolute Gasteiger partial charge is 0.466 e. The van der Waals surface area contributed by atoms with Gasteiger partial charge in [0.1, 0.15) is 0 Å². The van der Waals surface area contributed by atoms with Gasteiger partial charge in [-0.1, -0.05) is 51.9 Å². The van der Waals surface area contributed by atoms with Gasteiger partial charge in [-0.25, -0.2) is 0 Å². The van der Waals surface area contributed by atoms with E-state index in [0.29, 0.717) is 38.4 Å². The van der Waals surface area contributed by atoms with Crippen LogP contribution >= 0.6 is 23.5 Å². The summed E-state index contributed by atoms with van der Waals surface area (Å²) in [4.78, 5) is 23.8. The van der Waals surface area contributed by atoms with Crippen LogP contribution in [0.5, 0.6) is 0 Å². The summed E-state index contributed by atoms with van der Waals surface area (Å²) in [5.74, 6) is 1.20. The van der Waals surface area contributed by atoms with E-state index in [2.05, 4.69) is 26.1 Å². The van der Waals surface area contributed by atoms with Crippen molar-refractivity contribution in [1.29, 1.82) is 0 Å². The molecule has 0 aliphatic heterocycles. The second kappa shape index (κ2) is 24.3. The van der Waals surface area contributed by atoms with E-state index in [-0.39, 0.29) is 22.6 Å². The predicted octanol–water partition coefficient (Wildman–Crippen LogP) is 5.95. The lowest BCUT2D eigenvalue weighted by Crippen LogP contribution is -2.19. The van der Waals surface area contributed by atoms with Gasteiger partial charge in [0.2, 0.25) is 0 Å². The first-order valence-electron chi connectivity index (χ1n) is 13.3. The molecule has 0 atom stereocenters. The molecule has 0 aromatic heterocycles. The van der Waals surface area contributed by atoms with Gasteiger partial charge >= 0.3 is 11.9 Å². The Bertz CT molecular complexity index is 492. The topological polar surface area (TPSA) is 84.9 Å². The zero-order valence-corrected chi connectivity index (χ0v) is 23.7. The fourth-order valence-electron chi connectivity index (χ4n) is 3.29. The summed E-state index contributed by atoms with van der Waals surface area (Å²) in [7, 11) is 0. The number of aliphatic hydroxyl groups is 1. The van der Waals surface area contributed by atoms with Crippen molar-refractivity contribution in [3.63, 3.8) is 0 Å². The highest BCUT2D eigenvalue weighted by Gasteiger charge is 2.20. The minimum Gasteiger partial charge on any atom is -0.466 e. The molecular weight excluding hydrogens is 470 g/mol. The highest BCUT2D eigenvalue weighted by atomic mass is 32.2. The number of ether oxygens (including phenoxy) is 2. The van der Waals surface area contributed by atoms with Crippen LogP contribution < -0.4 is 5.32 Å². The maximum atomic E-state index is 11.9. The summed E-state index contributed by atoms with van der Waals surface area (Å²) in [6.45, 7) is 9.19. The van der Waals surface area contributed by atoms with Crippen LogP contribution in [0, 0.1) is 0 Å². The molecule has 0 amide bonds. The third-order valence-corrected chi connectivity index (χ3v) is 8.24. The van der Waals surface area contributed by atoms with E-state index >= 15 is 0 Å². The van der Waals surface area contributed by atoms with E-state index in [4.69, 9.17) is 14.6 Å². The lowest BCUT2D eigenvalue weighted by atomic mass is 10.1. The lowest BCUT2D eigenvalue weighted by Gasteiger charge is -2.23. The van der Waals surface area contributed by atoms with E-state index in [0.717, 1.165) is 44.4 Å². The highest BCUT2D eigenvalue weighted by Crippen LogP contribution is 2.37. The average molecular weight is 522 g/mol. The number of aliphatic hydroxyl groups excluding tert-OH is 1. The van der Waals surface area contributed by atoms with Gasteiger partial charge in [0.15, 0.2) is 0 Å². The van der Waals surface area contributed by atoms with E-state index in [1.54, 1.807) is 23.5 Å². The molecule has 0 aromatic carbocycles. The van der Waals surface area contributed by atoms with Crippen molar-refractivity contribution < 1.29 is 24.2 Å². The molecule has 0 radical (unpaired) electrons. The van der Waals surface area contributed by atoms with Crippen LogP contribution in [-0.2, 0) is 19.1 Å². The molecule has 0 aromatic rings. The first kappa shape index (κ1) is 33.6. The summed E-state index contributed by atoms with van der Waals surface area (Å²) in [5.41, 5.74) is 0. The summed E-state index contributed by atoms with van der Waals surface area (Å²) >= 11 is 3.47. The zero-order chi connectivity index (χ0) is 25.3. The third-order valence-electron chi connectivity index (χ3n) is 5.32. The molecule has 0 aliphatic carbocycles. The Morgan fingerprint density at radius 2 is 1.21 bits per heavy atom. The smallest absolute Gasteiger partial charge is 0.306 e. The third kappa shape index (κ3) is 24.7. The first-order chi connectivity index (χ1) is 16.4. The van der Waals surface area contributed by atoms with Crippen LogP contribution in [0.15, 0.2) is 0 Å². The quantitative estimate of drug-likeness (QED) is 0.0866. The molecule has 0 rings (SSSR count). The van der Waals surface area contributed by atoms with Gasteiger partial charge in [-0.05, 0) is 46.1 Å². The molecule has 2 N–H and O–H groups in total. The number of rotatable bonds is 25. The molecule has 8 heteroatoms. The summed E-state index contributed by atoms with van der Waals surface area (Å²) < 4.78 is 10.6. The Labute approximate surface area is 217 Å². The summed E-state index contributed by atoms with van der Waals surface area (Å²) in [6.07, 6.45) is 13.7. The average Bonchev–Trinajstić information content (AvgIpc) is 2.79. The fraction of sp³-hybridized carbons (Fsp3) is 0.923. The van der Waals surface area contributed by atoms with E-state index in [1.807, 2.05) is 0 Å². The van der Waals surface area contributed by atoms with Crippen molar-refractivity contribution in [1.82, 2.24) is 5.32 Å². The maximum Gasteiger partial charge on any atom is 0.306 e. The van der Waals surface area contributed by atoms with Crippen molar-refractivity contribution in [3.05, 3.63) is 0 Å². The van der Waals surface area contributed by atoms with Crippen molar-refractivity contribution in [3.8, 4) is 0 Å². The Morgan fingerprint density at radius 3 is 1.71 bits per heavy atom. The van der Waals surface area contributed by atoms with Crippen LogP contribution in [0.4, 0.5) is 0 Å². The number of nitrogens with one attached hydrogen (secondary N) is 1. The number of unbranched alkanes of at least 4 members (excludes halogenated alkanes) is 9. The Hall–Kier alpha value is -0.440. The standard InChI is InChI=1S/C26H51NO5S2/c1-4-5-6-7-8-9-10-13-20-31-24(29)15-22-33-26(2,3)34-23-16-25(30)32-21-14-11-12-17-27-18-19-28/h27-28H,4-23H2,1-3H3. The number of hydrogen-bond donors (Lipinski definition) is 2. The number of hydrogen-bond acceptors (Lipinski definition) is 8. The Kier molecular flexibility index (Phi) is 23.9. The summed E-state index contributed by atoms with van der Waals surface area (Å²) in [6, 6.07) is 0. The lowest BCUT2D eigenvalue weighted by molar-refractivity contribution is -0.144. The maximum absolute atomic E-state index is 11.9. The second-order valence-corrected chi connectivity index (χ2v) is 12.7. The minimum atomic E-state index is -0.142. The fourth-order valence-corrected chi connectivity index (χ4v) is 5.64. The molecule has 34 heavy (non-hydrogen) atoms. The second-order valence-electron chi connectivity index (χ2n) is 9.05. The van der Waals surface area contributed by atoms with Gasteiger partial charge in [0, 0.05) is 18.1 Å². The molecule has 0 heterocycles. The molecule has 0 spiro atoms. The number of esters is 2. The molecular formula is C26H51NO5S2.